The van der Waals surface area contributed by atoms with E-state index in [2.05, 4.69) is 0 Å². The molecular formula is C14H11NO3. The summed E-state index contributed by atoms with van der Waals surface area (Å²) in [5.74, 6) is -2.30. The minimum Gasteiger partial charge on any atom is -0.508 e. The molecule has 0 aliphatic heterocycles. The van der Waals surface area contributed by atoms with Gasteiger partial charge in [-0.2, -0.15) is 5.26 Å². The van der Waals surface area contributed by atoms with E-state index in [9.17, 15) is 9.90 Å². The lowest BCUT2D eigenvalue weighted by Crippen LogP contribution is -2.14. The van der Waals surface area contributed by atoms with Crippen LogP contribution in [-0.2, 0) is 11.2 Å². The van der Waals surface area contributed by atoms with Gasteiger partial charge in [0, 0.05) is 12.0 Å². The molecule has 0 saturated carbocycles. The third-order valence-electron chi connectivity index (χ3n) is 2.88. The molecule has 2 aromatic rings. The van der Waals surface area contributed by atoms with Crippen molar-refractivity contribution >= 4 is 16.7 Å². The van der Waals surface area contributed by atoms with E-state index in [1.54, 1.807) is 18.2 Å². The number of phenolic OH excluding ortho intramolecular Hbond substituents is 1. The quantitative estimate of drug-likeness (QED) is 0.863. The second-order valence-electron chi connectivity index (χ2n) is 4.01. The summed E-state index contributed by atoms with van der Waals surface area (Å²) >= 11 is 0. The molecule has 4 nitrogen and oxygen atoms in total. The Hall–Kier alpha value is -2.54. The highest BCUT2D eigenvalue weighted by Gasteiger charge is 2.20. The summed E-state index contributed by atoms with van der Waals surface area (Å²) in [6.45, 7) is 0. The summed E-state index contributed by atoms with van der Waals surface area (Å²) in [7, 11) is 0. The number of aromatic hydroxyl groups is 1. The number of carbonyl (C=O) groups is 1. The number of benzene rings is 2. The van der Waals surface area contributed by atoms with Crippen molar-refractivity contribution in [3.8, 4) is 11.8 Å². The van der Waals surface area contributed by atoms with Crippen LogP contribution in [0.5, 0.6) is 5.75 Å². The van der Waals surface area contributed by atoms with Crippen molar-refractivity contribution in [3.05, 3.63) is 42.0 Å². The number of rotatable bonds is 3. The van der Waals surface area contributed by atoms with Crippen LogP contribution >= 0.6 is 0 Å². The van der Waals surface area contributed by atoms with Crippen molar-refractivity contribution in [3.63, 3.8) is 0 Å². The van der Waals surface area contributed by atoms with Crippen molar-refractivity contribution in [1.82, 2.24) is 0 Å². The first-order valence-corrected chi connectivity index (χ1v) is 5.45. The highest BCUT2D eigenvalue weighted by molar-refractivity contribution is 5.88. The van der Waals surface area contributed by atoms with Crippen LogP contribution in [0.15, 0.2) is 36.4 Å². The minimum atomic E-state index is -1.18. The summed E-state index contributed by atoms with van der Waals surface area (Å²) in [5.41, 5.74) is 0.502. The highest BCUT2D eigenvalue weighted by Crippen LogP contribution is 2.29. The second-order valence-corrected chi connectivity index (χ2v) is 4.01. The van der Waals surface area contributed by atoms with Crippen molar-refractivity contribution in [2.75, 3.05) is 0 Å². The van der Waals surface area contributed by atoms with Gasteiger partial charge < -0.3 is 10.2 Å². The third kappa shape index (κ3) is 2.11. The van der Waals surface area contributed by atoms with Crippen LogP contribution in [0, 0.1) is 17.2 Å². The molecule has 0 aliphatic rings. The molecule has 1 atom stereocenters. The fourth-order valence-corrected chi connectivity index (χ4v) is 1.93. The molecule has 0 heterocycles. The molecule has 2 rings (SSSR count). The van der Waals surface area contributed by atoms with Crippen LogP contribution in [0.3, 0.4) is 0 Å². The summed E-state index contributed by atoms with van der Waals surface area (Å²) in [6.07, 6.45) is -0.000972. The number of carboxylic acid groups (broad SMARTS) is 1. The molecule has 18 heavy (non-hydrogen) atoms. The molecular weight excluding hydrogens is 230 g/mol. The van der Waals surface area contributed by atoms with Gasteiger partial charge >= 0.3 is 5.97 Å². The van der Waals surface area contributed by atoms with Gasteiger partial charge in [-0.3, -0.25) is 4.79 Å². The molecule has 90 valence electrons. The fourth-order valence-electron chi connectivity index (χ4n) is 1.93. The molecule has 0 amide bonds. The van der Waals surface area contributed by atoms with E-state index >= 15 is 0 Å². The number of hydrogen-bond donors (Lipinski definition) is 2. The summed E-state index contributed by atoms with van der Waals surface area (Å²) in [4.78, 5) is 10.9. The van der Waals surface area contributed by atoms with Gasteiger partial charge in [-0.05, 0) is 16.8 Å². The number of carboxylic acids is 1. The molecule has 0 aliphatic carbocycles. The van der Waals surface area contributed by atoms with E-state index in [1.807, 2.05) is 18.2 Å². The van der Waals surface area contributed by atoms with Gasteiger partial charge in [0.05, 0.1) is 6.07 Å². The van der Waals surface area contributed by atoms with Crippen LogP contribution in [0.25, 0.3) is 10.8 Å². The van der Waals surface area contributed by atoms with Crippen LogP contribution < -0.4 is 0 Å². The van der Waals surface area contributed by atoms with E-state index in [-0.39, 0.29) is 12.2 Å². The Kier molecular flexibility index (Phi) is 3.16. The predicted octanol–water partition coefficient (Wildman–Crippen LogP) is 2.31. The highest BCUT2D eigenvalue weighted by atomic mass is 16.4. The smallest absolute Gasteiger partial charge is 0.321 e. The number of fused-ring (bicyclic) bond motifs is 1. The Bertz CT molecular complexity index is 643. The molecule has 2 aromatic carbocycles. The monoisotopic (exact) mass is 241 g/mol. The number of nitriles is 1. The lowest BCUT2D eigenvalue weighted by Gasteiger charge is -2.10. The van der Waals surface area contributed by atoms with Gasteiger partial charge in [0.1, 0.15) is 11.7 Å². The minimum absolute atomic E-state index is 0.000972. The van der Waals surface area contributed by atoms with Crippen LogP contribution in [0.2, 0.25) is 0 Å². The average Bonchev–Trinajstić information content (AvgIpc) is 2.37. The lowest BCUT2D eigenvalue weighted by molar-refractivity contribution is -0.139. The first-order chi connectivity index (χ1) is 8.63. The molecule has 4 heteroatoms. The zero-order valence-electron chi connectivity index (χ0n) is 9.50. The topological polar surface area (TPSA) is 81.3 Å². The molecule has 0 radical (unpaired) electrons. The van der Waals surface area contributed by atoms with Crippen molar-refractivity contribution in [2.45, 2.75) is 6.42 Å². The summed E-state index contributed by atoms with van der Waals surface area (Å²) in [6, 6.07) is 12.4. The van der Waals surface area contributed by atoms with Crippen molar-refractivity contribution in [2.24, 2.45) is 5.92 Å². The van der Waals surface area contributed by atoms with Gasteiger partial charge in [-0.1, -0.05) is 30.3 Å². The van der Waals surface area contributed by atoms with Gasteiger partial charge in [-0.15, -0.1) is 0 Å². The second kappa shape index (κ2) is 4.76. The maximum atomic E-state index is 10.9. The molecule has 0 saturated heterocycles. The fraction of sp³-hybridized carbons (Fsp3) is 0.143. The van der Waals surface area contributed by atoms with Crippen molar-refractivity contribution < 1.29 is 15.0 Å². The number of nitrogens with zero attached hydrogens (tertiary/aromatic N) is 1. The molecule has 0 fully saturated rings. The van der Waals surface area contributed by atoms with Gasteiger partial charge in [0.25, 0.3) is 0 Å². The van der Waals surface area contributed by atoms with E-state index in [1.165, 1.54) is 6.07 Å². The van der Waals surface area contributed by atoms with Gasteiger partial charge in [-0.25, -0.2) is 0 Å². The molecule has 2 N–H and O–H groups in total. The van der Waals surface area contributed by atoms with E-state index < -0.39 is 11.9 Å². The van der Waals surface area contributed by atoms with Crippen LogP contribution in [0.1, 0.15) is 5.56 Å². The summed E-state index contributed by atoms with van der Waals surface area (Å²) < 4.78 is 0. The van der Waals surface area contributed by atoms with Crippen LogP contribution in [-0.4, -0.2) is 16.2 Å². The first-order valence-electron chi connectivity index (χ1n) is 5.45. The zero-order chi connectivity index (χ0) is 13.1. The average molecular weight is 241 g/mol. The number of hydrogen-bond acceptors (Lipinski definition) is 3. The Morgan fingerprint density at radius 3 is 2.67 bits per heavy atom. The third-order valence-corrected chi connectivity index (χ3v) is 2.88. The number of phenols is 1. The Labute approximate surface area is 104 Å². The van der Waals surface area contributed by atoms with E-state index in [4.69, 9.17) is 10.4 Å². The SMILES string of the molecule is N#CC(Cc1c(O)ccc2ccccc12)C(=O)O. The largest absolute Gasteiger partial charge is 0.508 e. The molecule has 0 spiro atoms. The van der Waals surface area contributed by atoms with Gasteiger partial charge in [0.15, 0.2) is 0 Å². The normalized spacial score (nSPS) is 11.9. The van der Waals surface area contributed by atoms with Crippen LogP contribution in [0.4, 0.5) is 0 Å². The molecule has 0 bridgehead atoms. The Morgan fingerprint density at radius 2 is 2.00 bits per heavy atom. The lowest BCUT2D eigenvalue weighted by atomic mass is 9.95. The zero-order valence-corrected chi connectivity index (χ0v) is 9.50. The maximum absolute atomic E-state index is 10.9. The first kappa shape index (κ1) is 11.9. The van der Waals surface area contributed by atoms with Gasteiger partial charge in [0.2, 0.25) is 0 Å². The van der Waals surface area contributed by atoms with E-state index in [0.29, 0.717) is 5.56 Å². The maximum Gasteiger partial charge on any atom is 0.321 e. The van der Waals surface area contributed by atoms with Crippen molar-refractivity contribution in [1.29, 1.82) is 5.26 Å². The molecule has 1 unspecified atom stereocenters. The number of aliphatic carboxylic acids is 1. The predicted molar refractivity (Wildman–Crippen MR) is 66.1 cm³/mol. The molecule has 0 aromatic heterocycles. The summed E-state index contributed by atoms with van der Waals surface area (Å²) in [5, 5.41) is 29.2. The van der Waals surface area contributed by atoms with E-state index in [0.717, 1.165) is 10.8 Å². The standard InChI is InChI=1S/C14H11NO3/c15-8-10(14(17)18)7-12-11-4-2-1-3-9(11)5-6-13(12)16/h1-6,10,16H,7H2,(H,17,18). The Morgan fingerprint density at radius 1 is 1.28 bits per heavy atom. The Balaban J connectivity index is 2.53.